The summed E-state index contributed by atoms with van der Waals surface area (Å²) in [6, 6.07) is 21.0. The number of benzene rings is 2. The molecular formula is C19H23NO. The van der Waals surface area contributed by atoms with Crippen LogP contribution >= 0.6 is 0 Å². The normalized spacial score (nSPS) is 26.7. The molecule has 3 rings (SSSR count). The molecule has 0 N–H and O–H groups in total. The largest absolute Gasteiger partial charge is 0.633 e. The minimum absolute atomic E-state index is 0.192. The fourth-order valence-electron chi connectivity index (χ4n) is 3.76. The van der Waals surface area contributed by atoms with Crippen LogP contribution in [-0.2, 0) is 5.41 Å². The Morgan fingerprint density at radius 3 is 1.62 bits per heavy atom. The van der Waals surface area contributed by atoms with E-state index in [9.17, 15) is 5.21 Å². The molecule has 1 saturated heterocycles. The molecule has 1 atom stereocenters. The molecule has 0 amide bonds. The quantitative estimate of drug-likeness (QED) is 0.600. The molecule has 0 bridgehead atoms. The van der Waals surface area contributed by atoms with Gasteiger partial charge in [0.05, 0.1) is 24.5 Å². The van der Waals surface area contributed by atoms with E-state index in [1.54, 1.807) is 0 Å². The van der Waals surface area contributed by atoms with Gasteiger partial charge in [-0.3, -0.25) is 0 Å². The molecule has 0 spiro atoms. The molecule has 2 nitrogen and oxygen atoms in total. The summed E-state index contributed by atoms with van der Waals surface area (Å²) >= 11 is 0. The lowest BCUT2D eigenvalue weighted by molar-refractivity contribution is -0.897. The Kier molecular flexibility index (Phi) is 3.19. The van der Waals surface area contributed by atoms with Gasteiger partial charge in [-0.1, -0.05) is 60.7 Å². The summed E-state index contributed by atoms with van der Waals surface area (Å²) in [5.74, 6) is 0. The maximum absolute atomic E-state index is 13.1. The molecular weight excluding hydrogens is 258 g/mol. The van der Waals surface area contributed by atoms with Gasteiger partial charge in [-0.15, -0.1) is 0 Å². The Balaban J connectivity index is 2.20. The lowest BCUT2D eigenvalue weighted by Gasteiger charge is -2.46. The topological polar surface area (TPSA) is 23.1 Å². The van der Waals surface area contributed by atoms with Crippen LogP contribution in [0.2, 0.25) is 0 Å². The van der Waals surface area contributed by atoms with E-state index in [2.05, 4.69) is 62.4 Å². The number of nitrogens with zero attached hydrogens (tertiary/aromatic N) is 1. The van der Waals surface area contributed by atoms with Gasteiger partial charge in [0, 0.05) is 6.42 Å². The van der Waals surface area contributed by atoms with Crippen molar-refractivity contribution in [3.8, 4) is 0 Å². The first-order valence-electron chi connectivity index (χ1n) is 7.55. The van der Waals surface area contributed by atoms with Crippen LogP contribution in [0.25, 0.3) is 0 Å². The third-order valence-corrected chi connectivity index (χ3v) is 5.24. The molecule has 0 saturated carbocycles. The zero-order valence-electron chi connectivity index (χ0n) is 13.0. The van der Waals surface area contributed by atoms with Crippen LogP contribution in [0, 0.1) is 5.21 Å². The number of rotatable bonds is 2. The van der Waals surface area contributed by atoms with E-state index >= 15 is 0 Å². The summed E-state index contributed by atoms with van der Waals surface area (Å²) in [6.45, 7) is 4.77. The molecule has 2 heteroatoms. The fraction of sp³-hybridized carbons (Fsp3) is 0.368. The maximum Gasteiger partial charge on any atom is 0.0945 e. The number of hydroxylamine groups is 3. The molecule has 2 aromatic rings. The number of hydrogen-bond acceptors (Lipinski definition) is 1. The van der Waals surface area contributed by atoms with Gasteiger partial charge < -0.3 is 9.85 Å². The monoisotopic (exact) mass is 281 g/mol. The summed E-state index contributed by atoms with van der Waals surface area (Å²) in [5, 5.41) is 13.1. The molecule has 1 fully saturated rings. The van der Waals surface area contributed by atoms with Crippen molar-refractivity contribution in [2.75, 3.05) is 13.6 Å². The van der Waals surface area contributed by atoms with Gasteiger partial charge >= 0.3 is 0 Å². The maximum atomic E-state index is 13.1. The molecule has 1 aliphatic heterocycles. The lowest BCUT2D eigenvalue weighted by Crippen LogP contribution is -2.50. The fourth-order valence-corrected chi connectivity index (χ4v) is 3.76. The van der Waals surface area contributed by atoms with E-state index < -0.39 is 0 Å². The summed E-state index contributed by atoms with van der Waals surface area (Å²) in [7, 11) is 1.81. The predicted octanol–water partition coefficient (Wildman–Crippen LogP) is 4.10. The van der Waals surface area contributed by atoms with Gasteiger partial charge in [-0.25, -0.2) is 0 Å². The van der Waals surface area contributed by atoms with Crippen LogP contribution in [0.3, 0.4) is 0 Å². The molecule has 0 radical (unpaired) electrons. The first-order chi connectivity index (χ1) is 9.87. The highest BCUT2D eigenvalue weighted by molar-refractivity contribution is 5.41. The van der Waals surface area contributed by atoms with Gasteiger partial charge in [0.1, 0.15) is 0 Å². The van der Waals surface area contributed by atoms with E-state index in [-0.39, 0.29) is 15.6 Å². The molecule has 21 heavy (non-hydrogen) atoms. The van der Waals surface area contributed by atoms with Crippen LogP contribution < -0.4 is 0 Å². The van der Waals surface area contributed by atoms with E-state index in [1.807, 2.05) is 19.2 Å². The standard InChI is InChI=1S/C19H23NO/c1-18(2)14-19(15-20(18,3)21,16-10-6-4-7-11-16)17-12-8-5-9-13-17/h4-13H,14-15H2,1-3H3. The average Bonchev–Trinajstić information content (AvgIpc) is 2.67. The van der Waals surface area contributed by atoms with E-state index in [0.29, 0.717) is 6.54 Å². The van der Waals surface area contributed by atoms with Gasteiger partial charge in [-0.2, -0.15) is 0 Å². The Labute approximate surface area is 127 Å². The van der Waals surface area contributed by atoms with Crippen LogP contribution in [0.4, 0.5) is 0 Å². The molecule has 110 valence electrons. The Bertz CT molecular complexity index is 559. The lowest BCUT2D eigenvalue weighted by atomic mass is 9.71. The van der Waals surface area contributed by atoms with Crippen molar-refractivity contribution in [1.29, 1.82) is 0 Å². The van der Waals surface area contributed by atoms with E-state index in [0.717, 1.165) is 6.42 Å². The highest BCUT2D eigenvalue weighted by Gasteiger charge is 2.55. The highest BCUT2D eigenvalue weighted by atomic mass is 16.5. The van der Waals surface area contributed by atoms with Crippen molar-refractivity contribution in [3.63, 3.8) is 0 Å². The predicted molar refractivity (Wildman–Crippen MR) is 86.8 cm³/mol. The summed E-state index contributed by atoms with van der Waals surface area (Å²) in [4.78, 5) is 0. The summed E-state index contributed by atoms with van der Waals surface area (Å²) in [6.07, 6.45) is 0.869. The summed E-state index contributed by atoms with van der Waals surface area (Å²) in [5.41, 5.74) is 2.03. The SMILES string of the molecule is CC1(C)CC(c2ccccc2)(c2ccccc2)C[N+]1(C)[O-]. The molecule has 1 heterocycles. The zero-order chi connectivity index (χ0) is 15.1. The number of likely N-dealkylation sites (tertiary alicyclic amines) is 1. The van der Waals surface area contributed by atoms with Crippen LogP contribution in [-0.4, -0.2) is 23.8 Å². The van der Waals surface area contributed by atoms with Gasteiger partial charge in [0.2, 0.25) is 0 Å². The first kappa shape index (κ1) is 14.3. The van der Waals surface area contributed by atoms with Crippen molar-refractivity contribution < 1.29 is 4.65 Å². The van der Waals surface area contributed by atoms with Gasteiger partial charge in [-0.05, 0) is 25.0 Å². The zero-order valence-corrected chi connectivity index (χ0v) is 13.0. The molecule has 1 unspecified atom stereocenters. The summed E-state index contributed by atoms with van der Waals surface area (Å²) < 4.78 is -0.198. The van der Waals surface area contributed by atoms with Crippen molar-refractivity contribution >= 4 is 0 Å². The van der Waals surface area contributed by atoms with E-state index in [1.165, 1.54) is 11.1 Å². The Morgan fingerprint density at radius 2 is 1.29 bits per heavy atom. The molecule has 2 aromatic carbocycles. The third-order valence-electron chi connectivity index (χ3n) is 5.24. The second-order valence-electron chi connectivity index (χ2n) is 7.06. The van der Waals surface area contributed by atoms with Crippen molar-refractivity contribution in [2.24, 2.45) is 0 Å². The second kappa shape index (κ2) is 4.69. The molecule has 0 aromatic heterocycles. The Morgan fingerprint density at radius 1 is 0.857 bits per heavy atom. The number of quaternary nitrogens is 1. The Hall–Kier alpha value is -1.64. The van der Waals surface area contributed by atoms with Crippen LogP contribution in [0.1, 0.15) is 31.4 Å². The first-order valence-corrected chi connectivity index (χ1v) is 7.55. The molecule has 0 aliphatic carbocycles. The van der Waals surface area contributed by atoms with Crippen LogP contribution in [0.15, 0.2) is 60.7 Å². The van der Waals surface area contributed by atoms with E-state index in [4.69, 9.17) is 0 Å². The number of hydrogen-bond donors (Lipinski definition) is 0. The average molecular weight is 281 g/mol. The van der Waals surface area contributed by atoms with Crippen molar-refractivity contribution in [3.05, 3.63) is 77.0 Å². The smallest absolute Gasteiger partial charge is 0.0945 e. The van der Waals surface area contributed by atoms with Crippen LogP contribution in [0.5, 0.6) is 0 Å². The van der Waals surface area contributed by atoms with Gasteiger partial charge in [0.15, 0.2) is 0 Å². The second-order valence-corrected chi connectivity index (χ2v) is 7.06. The van der Waals surface area contributed by atoms with Gasteiger partial charge in [0.25, 0.3) is 0 Å². The minimum Gasteiger partial charge on any atom is -0.633 e. The third kappa shape index (κ3) is 2.19. The van der Waals surface area contributed by atoms with Crippen molar-refractivity contribution in [1.82, 2.24) is 0 Å². The number of likely N-dealkylation sites (N-methyl/N-ethyl adjacent to an activating group) is 1. The minimum atomic E-state index is -0.286. The molecule has 1 aliphatic rings. The van der Waals surface area contributed by atoms with Crippen molar-refractivity contribution in [2.45, 2.75) is 31.2 Å². The highest BCUT2D eigenvalue weighted by Crippen LogP contribution is 2.50.